The monoisotopic (exact) mass is 335 g/mol. The molecule has 3 aromatic rings. The van der Waals surface area contributed by atoms with Crippen molar-refractivity contribution in [3.63, 3.8) is 0 Å². The Balaban J connectivity index is 1.95. The van der Waals surface area contributed by atoms with E-state index in [9.17, 15) is 14.4 Å². The zero-order valence-corrected chi connectivity index (χ0v) is 13.8. The van der Waals surface area contributed by atoms with Crippen molar-refractivity contribution in [1.82, 2.24) is 9.55 Å². The van der Waals surface area contributed by atoms with Crippen LogP contribution in [0.5, 0.6) is 0 Å². The van der Waals surface area contributed by atoms with E-state index in [1.54, 1.807) is 6.20 Å². The van der Waals surface area contributed by atoms with Gasteiger partial charge in [0.15, 0.2) is 5.78 Å². The van der Waals surface area contributed by atoms with E-state index < -0.39 is 0 Å². The van der Waals surface area contributed by atoms with Crippen LogP contribution in [0.2, 0.25) is 0 Å². The first-order chi connectivity index (χ1) is 12.0. The smallest absolute Gasteiger partial charge is 0.221 e. The van der Waals surface area contributed by atoms with Crippen molar-refractivity contribution < 1.29 is 14.4 Å². The third kappa shape index (κ3) is 2.59. The largest absolute Gasteiger partial charge is 0.326 e. The standard InChI is InChI=1S/C19H17N3O3/c1-11(23)21-12-4-6-16-15(9-12)14-3-2-8-20-19(14)22(16)17-7-5-13(24)10-18(17)25/h2-4,6,8-9,17H,5,7,10H2,1H3,(H,21,23). The lowest BCUT2D eigenvalue weighted by molar-refractivity contribution is -0.132. The molecule has 1 aromatic carbocycles. The van der Waals surface area contributed by atoms with Crippen LogP contribution in [0.1, 0.15) is 32.2 Å². The molecule has 4 rings (SSSR count). The van der Waals surface area contributed by atoms with Gasteiger partial charge in [0, 0.05) is 36.0 Å². The maximum atomic E-state index is 12.5. The van der Waals surface area contributed by atoms with E-state index >= 15 is 0 Å². The summed E-state index contributed by atoms with van der Waals surface area (Å²) in [4.78, 5) is 39.9. The fourth-order valence-electron chi connectivity index (χ4n) is 3.60. The molecule has 0 saturated heterocycles. The summed E-state index contributed by atoms with van der Waals surface area (Å²) in [5.74, 6) is -0.197. The number of nitrogens with zero attached hydrogens (tertiary/aromatic N) is 2. The molecule has 126 valence electrons. The molecule has 6 nitrogen and oxygen atoms in total. The lowest BCUT2D eigenvalue weighted by Gasteiger charge is -2.23. The predicted octanol–water partition coefficient (Wildman–Crippen LogP) is 3.01. The molecule has 0 aliphatic heterocycles. The summed E-state index contributed by atoms with van der Waals surface area (Å²) >= 11 is 0. The first-order valence-electron chi connectivity index (χ1n) is 8.25. The fraction of sp³-hybridized carbons (Fsp3) is 0.263. The highest BCUT2D eigenvalue weighted by Crippen LogP contribution is 2.35. The van der Waals surface area contributed by atoms with Gasteiger partial charge in [-0.1, -0.05) is 0 Å². The van der Waals surface area contributed by atoms with Gasteiger partial charge in [-0.05, 0) is 36.8 Å². The number of carbonyl (C=O) groups excluding carboxylic acids is 3. The number of fused-ring (bicyclic) bond motifs is 3. The van der Waals surface area contributed by atoms with E-state index in [0.29, 0.717) is 18.5 Å². The molecule has 1 aliphatic rings. The highest BCUT2D eigenvalue weighted by atomic mass is 16.2. The molecule has 6 heteroatoms. The Labute approximate surface area is 143 Å². The highest BCUT2D eigenvalue weighted by Gasteiger charge is 2.31. The second-order valence-electron chi connectivity index (χ2n) is 6.39. The highest BCUT2D eigenvalue weighted by molar-refractivity contribution is 6.11. The summed E-state index contributed by atoms with van der Waals surface area (Å²) < 4.78 is 1.94. The van der Waals surface area contributed by atoms with E-state index in [2.05, 4.69) is 10.3 Å². The summed E-state index contributed by atoms with van der Waals surface area (Å²) in [5.41, 5.74) is 2.31. The third-order valence-electron chi connectivity index (χ3n) is 4.63. The summed E-state index contributed by atoms with van der Waals surface area (Å²) in [7, 11) is 0. The van der Waals surface area contributed by atoms with E-state index in [1.807, 2.05) is 34.9 Å². The Morgan fingerprint density at radius 2 is 2.08 bits per heavy atom. The van der Waals surface area contributed by atoms with Gasteiger partial charge in [0.25, 0.3) is 0 Å². The van der Waals surface area contributed by atoms with Crippen LogP contribution in [0.25, 0.3) is 21.9 Å². The minimum absolute atomic E-state index is 0.00270. The fourth-order valence-corrected chi connectivity index (χ4v) is 3.60. The minimum atomic E-state index is -0.376. The number of ketones is 2. The van der Waals surface area contributed by atoms with Crippen LogP contribution in [0.15, 0.2) is 36.5 Å². The van der Waals surface area contributed by atoms with Crippen molar-refractivity contribution in [2.24, 2.45) is 0 Å². The van der Waals surface area contributed by atoms with Crippen molar-refractivity contribution in [2.75, 3.05) is 5.32 Å². The van der Waals surface area contributed by atoms with Gasteiger partial charge in [-0.15, -0.1) is 0 Å². The number of nitrogens with one attached hydrogen (secondary N) is 1. The Morgan fingerprint density at radius 3 is 2.84 bits per heavy atom. The first-order valence-corrected chi connectivity index (χ1v) is 8.25. The molecule has 0 radical (unpaired) electrons. The molecule has 1 atom stereocenters. The lowest BCUT2D eigenvalue weighted by atomic mass is 9.92. The van der Waals surface area contributed by atoms with E-state index in [1.165, 1.54) is 6.92 Å². The number of rotatable bonds is 2. The number of hydrogen-bond acceptors (Lipinski definition) is 4. The topological polar surface area (TPSA) is 81.1 Å². The number of hydrogen-bond donors (Lipinski definition) is 1. The van der Waals surface area contributed by atoms with Gasteiger partial charge in [0.1, 0.15) is 11.4 Å². The Hall–Kier alpha value is -3.02. The summed E-state index contributed by atoms with van der Waals surface area (Å²) in [6, 6.07) is 9.04. The van der Waals surface area contributed by atoms with E-state index in [-0.39, 0.29) is 29.9 Å². The van der Waals surface area contributed by atoms with E-state index in [4.69, 9.17) is 0 Å². The van der Waals surface area contributed by atoms with Gasteiger partial charge in [0.2, 0.25) is 5.91 Å². The van der Waals surface area contributed by atoms with Gasteiger partial charge in [-0.2, -0.15) is 0 Å². The van der Waals surface area contributed by atoms with Crippen LogP contribution >= 0.6 is 0 Å². The van der Waals surface area contributed by atoms with Crippen LogP contribution < -0.4 is 5.32 Å². The van der Waals surface area contributed by atoms with Gasteiger partial charge < -0.3 is 9.88 Å². The first kappa shape index (κ1) is 15.5. The zero-order valence-electron chi connectivity index (χ0n) is 13.8. The summed E-state index contributed by atoms with van der Waals surface area (Å²) in [6.07, 6.45) is 2.60. The van der Waals surface area contributed by atoms with E-state index in [0.717, 1.165) is 21.9 Å². The number of amides is 1. The molecule has 0 spiro atoms. The molecule has 1 unspecified atom stereocenters. The number of pyridine rings is 1. The maximum absolute atomic E-state index is 12.5. The van der Waals surface area contributed by atoms with Crippen molar-refractivity contribution in [3.8, 4) is 0 Å². The van der Waals surface area contributed by atoms with Crippen molar-refractivity contribution >= 4 is 45.1 Å². The maximum Gasteiger partial charge on any atom is 0.221 e. The molecule has 1 amide bonds. The number of aromatic nitrogens is 2. The van der Waals surface area contributed by atoms with Crippen molar-refractivity contribution in [3.05, 3.63) is 36.5 Å². The second-order valence-corrected chi connectivity index (χ2v) is 6.39. The third-order valence-corrected chi connectivity index (χ3v) is 4.63. The van der Waals surface area contributed by atoms with Crippen LogP contribution in [0, 0.1) is 0 Å². The summed E-state index contributed by atoms with van der Waals surface area (Å²) in [6.45, 7) is 1.47. The Kier molecular flexibility index (Phi) is 3.60. The normalized spacial score (nSPS) is 18.0. The molecule has 1 fully saturated rings. The molecular weight excluding hydrogens is 318 g/mol. The van der Waals surface area contributed by atoms with Crippen LogP contribution in [0.3, 0.4) is 0 Å². The van der Waals surface area contributed by atoms with Gasteiger partial charge >= 0.3 is 0 Å². The van der Waals surface area contributed by atoms with Crippen LogP contribution in [-0.2, 0) is 14.4 Å². The number of carbonyl (C=O) groups is 3. The molecular formula is C19H17N3O3. The quantitative estimate of drug-likeness (QED) is 0.730. The number of Topliss-reactive ketones (excluding diaryl/α,β-unsaturated/α-hetero) is 2. The molecule has 1 N–H and O–H groups in total. The number of benzene rings is 1. The molecule has 1 saturated carbocycles. The Morgan fingerprint density at radius 1 is 1.24 bits per heavy atom. The minimum Gasteiger partial charge on any atom is -0.326 e. The van der Waals surface area contributed by atoms with Crippen molar-refractivity contribution in [2.45, 2.75) is 32.2 Å². The molecule has 2 heterocycles. The van der Waals surface area contributed by atoms with Crippen LogP contribution in [-0.4, -0.2) is 27.0 Å². The molecule has 25 heavy (non-hydrogen) atoms. The second kappa shape index (κ2) is 5.81. The number of anilines is 1. The average molecular weight is 335 g/mol. The lowest BCUT2D eigenvalue weighted by Crippen LogP contribution is -2.27. The van der Waals surface area contributed by atoms with Crippen molar-refractivity contribution in [1.29, 1.82) is 0 Å². The van der Waals surface area contributed by atoms with Gasteiger partial charge in [-0.3, -0.25) is 14.4 Å². The van der Waals surface area contributed by atoms with Gasteiger partial charge in [0.05, 0.1) is 18.0 Å². The predicted molar refractivity (Wildman–Crippen MR) is 94.4 cm³/mol. The van der Waals surface area contributed by atoms with Gasteiger partial charge in [-0.25, -0.2) is 4.98 Å². The molecule has 0 bridgehead atoms. The SMILES string of the molecule is CC(=O)Nc1ccc2c(c1)c1cccnc1n2C1CCC(=O)CC1=O. The zero-order chi connectivity index (χ0) is 17.6. The molecule has 1 aliphatic carbocycles. The molecule has 2 aromatic heterocycles. The average Bonchev–Trinajstić information content (AvgIpc) is 2.89. The summed E-state index contributed by atoms with van der Waals surface area (Å²) in [5, 5.41) is 4.64. The van der Waals surface area contributed by atoms with Crippen LogP contribution in [0.4, 0.5) is 5.69 Å². The Bertz CT molecular complexity index is 1030.